The Balaban J connectivity index is 2.24. The van der Waals surface area contributed by atoms with Gasteiger partial charge in [0, 0.05) is 7.05 Å². The molecule has 1 aromatic heterocycles. The number of nitrogens with one attached hydrogen (secondary N) is 2. The third kappa shape index (κ3) is 4.33. The lowest BCUT2D eigenvalue weighted by atomic mass is 10.2. The fraction of sp³-hybridized carbons (Fsp3) is 0.312. The fourth-order valence-electron chi connectivity index (χ4n) is 2.20. The molecule has 0 atom stereocenters. The minimum atomic E-state index is -0.395. The van der Waals surface area contributed by atoms with Gasteiger partial charge in [-0.3, -0.25) is 14.3 Å². The molecule has 7 nitrogen and oxygen atoms in total. The summed E-state index contributed by atoms with van der Waals surface area (Å²) in [5.41, 5.74) is 2.24. The molecule has 0 aliphatic carbocycles. The molecule has 2 aromatic rings. The number of carbonyl (C=O) groups excluding carboxylic acids is 2. The third-order valence-electron chi connectivity index (χ3n) is 3.27. The van der Waals surface area contributed by atoms with Gasteiger partial charge in [-0.15, -0.1) is 0 Å². The molecule has 0 saturated heterocycles. The average Bonchev–Trinajstić information content (AvgIpc) is 2.80. The highest BCUT2D eigenvalue weighted by molar-refractivity contribution is 6.34. The number of rotatable bonds is 5. The van der Waals surface area contributed by atoms with Gasteiger partial charge in [0.25, 0.3) is 5.91 Å². The van der Waals surface area contributed by atoms with Crippen molar-refractivity contribution in [1.29, 1.82) is 0 Å². The van der Waals surface area contributed by atoms with Crippen LogP contribution in [0, 0.1) is 6.92 Å². The number of likely N-dealkylation sites (N-methyl/N-ethyl adjacent to an activating group) is 1. The number of hydrogen-bond acceptors (Lipinski definition) is 4. The first-order chi connectivity index (χ1) is 11.3. The van der Waals surface area contributed by atoms with Crippen molar-refractivity contribution in [2.45, 2.75) is 6.92 Å². The molecule has 0 aliphatic heterocycles. The monoisotopic (exact) mass is 349 g/mol. The summed E-state index contributed by atoms with van der Waals surface area (Å²) >= 11 is 6.00. The number of halogens is 1. The number of amides is 2. The quantitative estimate of drug-likeness (QED) is 0.866. The van der Waals surface area contributed by atoms with E-state index >= 15 is 0 Å². The zero-order valence-electron chi connectivity index (χ0n) is 14.1. The zero-order chi connectivity index (χ0) is 17.9. The van der Waals surface area contributed by atoms with Crippen LogP contribution in [0.3, 0.4) is 0 Å². The van der Waals surface area contributed by atoms with Gasteiger partial charge >= 0.3 is 0 Å². The van der Waals surface area contributed by atoms with Crippen molar-refractivity contribution < 1.29 is 9.59 Å². The van der Waals surface area contributed by atoms with Gasteiger partial charge in [-0.2, -0.15) is 5.10 Å². The molecule has 1 heterocycles. The standard InChI is InChI=1S/C16H20ClN5O2/c1-10-5-6-12(19-14(23)9-21(2)3)13(7-10)20-16(24)15-11(17)8-18-22(15)4/h5-8H,9H2,1-4H3,(H,19,23)(H,20,24). The van der Waals surface area contributed by atoms with E-state index in [1.165, 1.54) is 10.9 Å². The van der Waals surface area contributed by atoms with Crippen LogP contribution in [0.1, 0.15) is 16.1 Å². The summed E-state index contributed by atoms with van der Waals surface area (Å²) in [5, 5.41) is 9.79. The van der Waals surface area contributed by atoms with Gasteiger partial charge in [0.1, 0.15) is 5.69 Å². The summed E-state index contributed by atoms with van der Waals surface area (Å²) in [6, 6.07) is 5.40. The number of hydrogen-bond donors (Lipinski definition) is 2. The SMILES string of the molecule is Cc1ccc(NC(=O)CN(C)C)c(NC(=O)c2c(Cl)cnn2C)c1. The van der Waals surface area contributed by atoms with Crippen molar-refractivity contribution in [3.63, 3.8) is 0 Å². The Hall–Kier alpha value is -2.38. The molecule has 2 rings (SSSR count). The number of aromatic nitrogens is 2. The summed E-state index contributed by atoms with van der Waals surface area (Å²) in [6.07, 6.45) is 1.41. The molecule has 0 saturated carbocycles. The van der Waals surface area contributed by atoms with Gasteiger partial charge in [-0.05, 0) is 38.7 Å². The fourth-order valence-corrected chi connectivity index (χ4v) is 2.45. The average molecular weight is 350 g/mol. The molecule has 0 radical (unpaired) electrons. The van der Waals surface area contributed by atoms with Crippen LogP contribution in [0.15, 0.2) is 24.4 Å². The van der Waals surface area contributed by atoms with Crippen molar-refractivity contribution in [1.82, 2.24) is 14.7 Å². The van der Waals surface area contributed by atoms with Crippen LogP contribution in [0.2, 0.25) is 5.02 Å². The van der Waals surface area contributed by atoms with Gasteiger partial charge < -0.3 is 15.5 Å². The van der Waals surface area contributed by atoms with Crippen LogP contribution in [-0.2, 0) is 11.8 Å². The first-order valence-corrected chi connectivity index (χ1v) is 7.70. The molecule has 24 heavy (non-hydrogen) atoms. The second kappa shape index (κ2) is 7.46. The third-order valence-corrected chi connectivity index (χ3v) is 3.54. The van der Waals surface area contributed by atoms with E-state index in [0.717, 1.165) is 5.56 Å². The van der Waals surface area contributed by atoms with E-state index in [2.05, 4.69) is 15.7 Å². The Morgan fingerprint density at radius 2 is 1.96 bits per heavy atom. The smallest absolute Gasteiger partial charge is 0.275 e. The molecule has 8 heteroatoms. The van der Waals surface area contributed by atoms with Crippen molar-refractivity contribution in [3.05, 3.63) is 40.7 Å². The Labute approximate surface area is 145 Å². The summed E-state index contributed by atoms with van der Waals surface area (Å²) in [4.78, 5) is 26.2. The molecular weight excluding hydrogens is 330 g/mol. The summed E-state index contributed by atoms with van der Waals surface area (Å²) in [5.74, 6) is -0.563. The molecule has 0 bridgehead atoms. The predicted octanol–water partition coefficient (Wildman–Crippen LogP) is 2.13. The number of benzene rings is 1. The topological polar surface area (TPSA) is 79.3 Å². The lowest BCUT2D eigenvalue weighted by molar-refractivity contribution is -0.116. The lowest BCUT2D eigenvalue weighted by Crippen LogP contribution is -2.27. The van der Waals surface area contributed by atoms with Crippen molar-refractivity contribution in [2.75, 3.05) is 31.3 Å². The number of carbonyl (C=O) groups is 2. The van der Waals surface area contributed by atoms with E-state index in [1.807, 2.05) is 27.1 Å². The highest BCUT2D eigenvalue weighted by Crippen LogP contribution is 2.25. The largest absolute Gasteiger partial charge is 0.323 e. The maximum atomic E-state index is 12.5. The minimum Gasteiger partial charge on any atom is -0.323 e. The Kier molecular flexibility index (Phi) is 5.58. The van der Waals surface area contributed by atoms with Crippen LogP contribution < -0.4 is 10.6 Å². The number of nitrogens with zero attached hydrogens (tertiary/aromatic N) is 3. The van der Waals surface area contributed by atoms with Gasteiger partial charge in [0.15, 0.2) is 0 Å². The van der Waals surface area contributed by atoms with Crippen LogP contribution >= 0.6 is 11.6 Å². The van der Waals surface area contributed by atoms with E-state index in [-0.39, 0.29) is 23.2 Å². The Morgan fingerprint density at radius 1 is 1.25 bits per heavy atom. The minimum absolute atomic E-state index is 0.169. The molecule has 128 valence electrons. The first kappa shape index (κ1) is 18.0. The zero-order valence-corrected chi connectivity index (χ0v) is 14.8. The molecule has 0 aliphatic rings. The molecular formula is C16H20ClN5O2. The highest BCUT2D eigenvalue weighted by Gasteiger charge is 2.17. The van der Waals surface area contributed by atoms with Crippen molar-refractivity contribution in [2.24, 2.45) is 7.05 Å². The van der Waals surface area contributed by atoms with Crippen molar-refractivity contribution in [3.8, 4) is 0 Å². The highest BCUT2D eigenvalue weighted by atomic mass is 35.5. The van der Waals surface area contributed by atoms with E-state index in [9.17, 15) is 9.59 Å². The molecule has 2 amide bonds. The normalized spacial score (nSPS) is 10.8. The molecule has 0 unspecified atom stereocenters. The van der Waals surface area contributed by atoms with E-state index in [1.54, 1.807) is 24.1 Å². The maximum absolute atomic E-state index is 12.5. The Bertz CT molecular complexity index is 750. The number of anilines is 2. The number of aryl methyl sites for hydroxylation is 2. The van der Waals surface area contributed by atoms with Gasteiger partial charge in [-0.1, -0.05) is 17.7 Å². The second-order valence-electron chi connectivity index (χ2n) is 5.75. The second-order valence-corrected chi connectivity index (χ2v) is 6.16. The lowest BCUT2D eigenvalue weighted by Gasteiger charge is -2.15. The predicted molar refractivity (Wildman–Crippen MR) is 94.5 cm³/mol. The van der Waals surface area contributed by atoms with Gasteiger partial charge in [0.05, 0.1) is 29.1 Å². The summed E-state index contributed by atoms with van der Waals surface area (Å²) < 4.78 is 1.40. The van der Waals surface area contributed by atoms with Crippen LogP contribution in [-0.4, -0.2) is 47.1 Å². The van der Waals surface area contributed by atoms with E-state index in [4.69, 9.17) is 11.6 Å². The van der Waals surface area contributed by atoms with Crippen molar-refractivity contribution >= 4 is 34.8 Å². The van der Waals surface area contributed by atoms with Gasteiger partial charge in [-0.25, -0.2) is 0 Å². The molecule has 1 aromatic carbocycles. The summed E-state index contributed by atoms with van der Waals surface area (Å²) in [6.45, 7) is 2.15. The van der Waals surface area contributed by atoms with Crippen LogP contribution in [0.5, 0.6) is 0 Å². The van der Waals surface area contributed by atoms with Crippen LogP contribution in [0.25, 0.3) is 0 Å². The molecule has 2 N–H and O–H groups in total. The van der Waals surface area contributed by atoms with Crippen LogP contribution in [0.4, 0.5) is 11.4 Å². The Morgan fingerprint density at radius 3 is 2.54 bits per heavy atom. The van der Waals surface area contributed by atoms with E-state index < -0.39 is 5.91 Å². The van der Waals surface area contributed by atoms with Gasteiger partial charge in [0.2, 0.25) is 5.91 Å². The summed E-state index contributed by atoms with van der Waals surface area (Å²) in [7, 11) is 5.25. The molecule has 0 spiro atoms. The maximum Gasteiger partial charge on any atom is 0.275 e. The van der Waals surface area contributed by atoms with E-state index in [0.29, 0.717) is 11.4 Å². The first-order valence-electron chi connectivity index (χ1n) is 7.32. The molecule has 0 fully saturated rings.